The number of rotatable bonds is 7. The van der Waals surface area contributed by atoms with Crippen LogP contribution in [0.5, 0.6) is 0 Å². The van der Waals surface area contributed by atoms with Gasteiger partial charge in [-0.15, -0.1) is 0 Å². The second-order valence-corrected chi connectivity index (χ2v) is 4.70. The Kier molecular flexibility index (Phi) is 6.12. The van der Waals surface area contributed by atoms with Crippen LogP contribution in [0.1, 0.15) is 18.4 Å². The number of aromatic nitrogens is 2. The van der Waals surface area contributed by atoms with Gasteiger partial charge in [-0.1, -0.05) is 6.92 Å². The monoisotopic (exact) mass is 359 g/mol. The molecule has 0 spiro atoms. The van der Waals surface area contributed by atoms with Gasteiger partial charge in [-0.05, 0) is 22.4 Å². The van der Waals surface area contributed by atoms with Crippen molar-refractivity contribution in [3.63, 3.8) is 0 Å². The fraction of sp³-hybridized carbons (Fsp3) is 0.636. The summed E-state index contributed by atoms with van der Waals surface area (Å²) < 4.78 is 54.5. The van der Waals surface area contributed by atoms with Gasteiger partial charge in [0.25, 0.3) is 0 Å². The highest BCUT2D eigenvalue weighted by Crippen LogP contribution is 2.25. The molecule has 1 aromatic heterocycles. The smallest absolute Gasteiger partial charge is 0.330 e. The van der Waals surface area contributed by atoms with E-state index in [9.17, 15) is 17.6 Å². The van der Waals surface area contributed by atoms with Crippen LogP contribution in [0.25, 0.3) is 0 Å². The van der Waals surface area contributed by atoms with Crippen LogP contribution in [-0.2, 0) is 17.8 Å². The van der Waals surface area contributed by atoms with E-state index in [2.05, 4.69) is 36.0 Å². The molecule has 0 saturated heterocycles. The van der Waals surface area contributed by atoms with Crippen molar-refractivity contribution in [2.24, 2.45) is 0 Å². The topological polar surface area (TPSA) is 47.0 Å². The van der Waals surface area contributed by atoms with Crippen LogP contribution in [0.15, 0.2) is 4.47 Å². The third-order valence-corrected chi connectivity index (χ3v) is 3.22. The molecule has 4 nitrogen and oxygen atoms in total. The van der Waals surface area contributed by atoms with Crippen molar-refractivity contribution in [3.8, 4) is 0 Å². The molecule has 0 saturated carbocycles. The molecule has 0 aliphatic rings. The molecular weight excluding hydrogens is 346 g/mol. The molecule has 1 N–H and O–H groups in total. The molecule has 0 aliphatic carbocycles. The lowest BCUT2D eigenvalue weighted by molar-refractivity contribution is -0.168. The zero-order valence-corrected chi connectivity index (χ0v) is 12.5. The predicted octanol–water partition coefficient (Wildman–Crippen LogP) is 3.26. The minimum atomic E-state index is -4.17. The number of alkyl halides is 4. The summed E-state index contributed by atoms with van der Waals surface area (Å²) in [6.07, 6.45) is -3.16. The zero-order valence-electron chi connectivity index (χ0n) is 10.9. The number of nitrogens with one attached hydrogen (secondary N) is 1. The van der Waals surface area contributed by atoms with Crippen LogP contribution >= 0.6 is 15.9 Å². The highest BCUT2D eigenvalue weighted by molar-refractivity contribution is 9.10. The van der Waals surface area contributed by atoms with Gasteiger partial charge >= 0.3 is 12.3 Å². The molecule has 1 aromatic rings. The average Bonchev–Trinajstić information content (AvgIpc) is 2.39. The number of ether oxygens (including phenoxy) is 1. The Morgan fingerprint density at radius 1 is 1.35 bits per heavy atom. The van der Waals surface area contributed by atoms with Gasteiger partial charge in [0.15, 0.2) is 5.82 Å². The van der Waals surface area contributed by atoms with Crippen molar-refractivity contribution in [2.75, 3.05) is 19.0 Å². The number of nitrogens with zero attached hydrogens (tertiary/aromatic N) is 2. The Balaban J connectivity index is 2.74. The highest BCUT2D eigenvalue weighted by atomic mass is 79.9. The summed E-state index contributed by atoms with van der Waals surface area (Å²) in [4.78, 5) is 8.15. The van der Waals surface area contributed by atoms with Crippen molar-refractivity contribution in [1.29, 1.82) is 0 Å². The number of hydrogen-bond donors (Lipinski definition) is 1. The average molecular weight is 360 g/mol. The Bertz CT molecular complexity index is 434. The lowest BCUT2D eigenvalue weighted by atomic mass is 10.3. The summed E-state index contributed by atoms with van der Waals surface area (Å²) in [5.74, 6) is -3.54. The van der Waals surface area contributed by atoms with Gasteiger partial charge in [-0.2, -0.15) is 8.78 Å². The van der Waals surface area contributed by atoms with Gasteiger partial charge < -0.3 is 10.1 Å². The Labute approximate surface area is 122 Å². The highest BCUT2D eigenvalue weighted by Gasteiger charge is 2.41. The van der Waals surface area contributed by atoms with Crippen LogP contribution in [-0.4, -0.2) is 36.0 Å². The van der Waals surface area contributed by atoms with Gasteiger partial charge in [-0.3, -0.25) is 0 Å². The molecule has 1 rings (SSSR count). The van der Waals surface area contributed by atoms with E-state index in [1.807, 2.05) is 6.92 Å². The Hall–Kier alpha value is -0.960. The first-order chi connectivity index (χ1) is 9.31. The first kappa shape index (κ1) is 17.1. The summed E-state index contributed by atoms with van der Waals surface area (Å²) in [6.45, 7) is 0.125. The minimum Gasteiger partial charge on any atom is -0.372 e. The summed E-state index contributed by atoms with van der Waals surface area (Å²) in [5, 5.41) is 2.81. The maximum absolute atomic E-state index is 12.7. The van der Waals surface area contributed by atoms with E-state index in [0.717, 1.165) is 0 Å². The number of halogens is 5. The van der Waals surface area contributed by atoms with Crippen LogP contribution in [0.3, 0.4) is 0 Å². The fourth-order valence-corrected chi connectivity index (χ4v) is 2.01. The quantitative estimate of drug-likeness (QED) is 0.759. The van der Waals surface area contributed by atoms with Gasteiger partial charge in [0.05, 0.1) is 10.2 Å². The second kappa shape index (κ2) is 7.16. The van der Waals surface area contributed by atoms with Crippen molar-refractivity contribution in [2.45, 2.75) is 32.3 Å². The summed E-state index contributed by atoms with van der Waals surface area (Å²) in [7, 11) is 1.64. The maximum Gasteiger partial charge on any atom is 0.330 e. The van der Waals surface area contributed by atoms with E-state index < -0.39 is 19.0 Å². The largest absolute Gasteiger partial charge is 0.372 e. The molecule has 20 heavy (non-hydrogen) atoms. The van der Waals surface area contributed by atoms with E-state index in [4.69, 9.17) is 0 Å². The molecule has 0 aliphatic heterocycles. The number of anilines is 1. The third kappa shape index (κ3) is 4.27. The maximum atomic E-state index is 12.7. The summed E-state index contributed by atoms with van der Waals surface area (Å²) >= 11 is 3.31. The SMILES string of the molecule is CCc1nc(COCC(F)(F)C(F)F)nc(NC)c1Br. The molecule has 1 heterocycles. The van der Waals surface area contributed by atoms with Crippen LogP contribution in [0.2, 0.25) is 0 Å². The van der Waals surface area contributed by atoms with Crippen molar-refractivity contribution < 1.29 is 22.3 Å². The fourth-order valence-electron chi connectivity index (χ4n) is 1.35. The van der Waals surface area contributed by atoms with E-state index in [0.29, 0.717) is 22.4 Å². The van der Waals surface area contributed by atoms with Crippen LogP contribution < -0.4 is 5.32 Å². The number of hydrogen-bond acceptors (Lipinski definition) is 4. The molecule has 0 unspecified atom stereocenters. The van der Waals surface area contributed by atoms with E-state index in [-0.39, 0.29) is 12.4 Å². The first-order valence-electron chi connectivity index (χ1n) is 5.78. The van der Waals surface area contributed by atoms with Crippen LogP contribution in [0.4, 0.5) is 23.4 Å². The van der Waals surface area contributed by atoms with Crippen molar-refractivity contribution in [1.82, 2.24) is 9.97 Å². The van der Waals surface area contributed by atoms with Gasteiger partial charge in [-0.25, -0.2) is 18.7 Å². The molecule has 0 aromatic carbocycles. The molecule has 9 heteroatoms. The van der Waals surface area contributed by atoms with E-state index >= 15 is 0 Å². The molecule has 0 atom stereocenters. The predicted molar refractivity (Wildman–Crippen MR) is 69.3 cm³/mol. The molecule has 0 fully saturated rings. The van der Waals surface area contributed by atoms with Crippen LogP contribution in [0, 0.1) is 0 Å². The summed E-state index contributed by atoms with van der Waals surface area (Å²) in [5.41, 5.74) is 0.670. The molecule has 114 valence electrons. The van der Waals surface area contributed by atoms with Gasteiger partial charge in [0.2, 0.25) is 0 Å². The lowest BCUT2D eigenvalue weighted by Crippen LogP contribution is -2.32. The molecule has 0 amide bonds. The van der Waals surface area contributed by atoms with E-state index in [1.54, 1.807) is 7.05 Å². The van der Waals surface area contributed by atoms with Gasteiger partial charge in [0, 0.05) is 7.05 Å². The molecule has 0 radical (unpaired) electrons. The van der Waals surface area contributed by atoms with Crippen molar-refractivity contribution >= 4 is 21.7 Å². The van der Waals surface area contributed by atoms with Gasteiger partial charge in [0.1, 0.15) is 19.0 Å². The third-order valence-electron chi connectivity index (χ3n) is 2.38. The Morgan fingerprint density at radius 2 is 2.00 bits per heavy atom. The lowest BCUT2D eigenvalue weighted by Gasteiger charge is -2.15. The zero-order chi connectivity index (χ0) is 15.3. The standard InChI is InChI=1S/C11H14BrF4N3O/c1-3-6-8(12)9(17-2)19-7(18-6)4-20-5-11(15,16)10(13)14/h10H,3-5H2,1-2H3,(H,17,18,19). The molecule has 0 bridgehead atoms. The van der Waals surface area contributed by atoms with E-state index in [1.165, 1.54) is 0 Å². The minimum absolute atomic E-state index is 0.152. The summed E-state index contributed by atoms with van der Waals surface area (Å²) in [6, 6.07) is 0. The number of aryl methyl sites for hydroxylation is 1. The molecular formula is C11H14BrF4N3O. The second-order valence-electron chi connectivity index (χ2n) is 3.91. The normalized spacial score (nSPS) is 12.0. The van der Waals surface area contributed by atoms with Crippen molar-refractivity contribution in [3.05, 3.63) is 16.0 Å². The first-order valence-corrected chi connectivity index (χ1v) is 6.57. The Morgan fingerprint density at radius 3 is 2.50 bits per heavy atom.